The number of esters is 1. The topological polar surface area (TPSA) is 68.5 Å². The van der Waals surface area contributed by atoms with Crippen molar-refractivity contribution in [2.45, 2.75) is 0 Å². The molecule has 1 aromatic heterocycles. The van der Waals surface area contributed by atoms with Gasteiger partial charge in [0.25, 0.3) is 5.91 Å². The van der Waals surface area contributed by atoms with E-state index in [0.717, 1.165) is 6.08 Å². The zero-order chi connectivity index (χ0) is 17.7. The minimum absolute atomic E-state index is 0.215. The number of amides is 1. The Morgan fingerprint density at radius 3 is 2.54 bits per heavy atom. The Bertz CT molecular complexity index is 804. The van der Waals surface area contributed by atoms with Gasteiger partial charge in [0.2, 0.25) is 0 Å². The predicted octanol–water partition coefficient (Wildman–Crippen LogP) is 5.20. The van der Waals surface area contributed by atoms with E-state index in [2.05, 4.69) is 21.2 Å². The van der Waals surface area contributed by atoms with Crippen LogP contribution in [-0.4, -0.2) is 18.5 Å². The van der Waals surface area contributed by atoms with E-state index in [1.54, 1.807) is 12.1 Å². The Kier molecular flexibility index (Phi) is 6.74. The lowest BCUT2D eigenvalue weighted by Crippen LogP contribution is -2.20. The van der Waals surface area contributed by atoms with Gasteiger partial charge in [-0.05, 0) is 46.3 Å². The summed E-state index contributed by atoms with van der Waals surface area (Å²) in [6, 6.07) is 6.14. The van der Waals surface area contributed by atoms with E-state index in [1.165, 1.54) is 18.2 Å². The van der Waals surface area contributed by atoms with Crippen LogP contribution in [0, 0.1) is 0 Å². The fourth-order valence-corrected chi connectivity index (χ4v) is 2.47. The standard InChI is InChI=1S/C15H9BrCl3NO4/c16-13-3-1-8(24-13)2-4-15(22)23-7-14(21)20-12-6-10(18)9(17)5-11(12)19/h1-6H,7H2,(H,20,21). The number of halogens is 4. The maximum absolute atomic E-state index is 11.8. The van der Waals surface area contributed by atoms with Crippen molar-refractivity contribution in [3.63, 3.8) is 0 Å². The number of anilines is 1. The molecule has 1 amide bonds. The van der Waals surface area contributed by atoms with Crippen molar-refractivity contribution in [1.29, 1.82) is 0 Å². The molecule has 1 heterocycles. The molecule has 2 rings (SSSR count). The Morgan fingerprint density at radius 1 is 1.17 bits per heavy atom. The molecule has 0 spiro atoms. The molecule has 0 aliphatic rings. The average molecular weight is 454 g/mol. The molecule has 0 aliphatic carbocycles. The minimum Gasteiger partial charge on any atom is -0.452 e. The van der Waals surface area contributed by atoms with Crippen LogP contribution in [0.3, 0.4) is 0 Å². The number of hydrogen-bond donors (Lipinski definition) is 1. The van der Waals surface area contributed by atoms with Crippen LogP contribution in [0.5, 0.6) is 0 Å². The monoisotopic (exact) mass is 451 g/mol. The highest BCUT2D eigenvalue weighted by Crippen LogP contribution is 2.32. The summed E-state index contributed by atoms with van der Waals surface area (Å²) in [6.07, 6.45) is 2.56. The van der Waals surface area contributed by atoms with Crippen molar-refractivity contribution < 1.29 is 18.7 Å². The summed E-state index contributed by atoms with van der Waals surface area (Å²) >= 11 is 20.7. The summed E-state index contributed by atoms with van der Waals surface area (Å²) in [5.74, 6) is -0.804. The summed E-state index contributed by atoms with van der Waals surface area (Å²) in [5, 5.41) is 3.19. The first-order valence-corrected chi connectivity index (χ1v) is 8.32. The average Bonchev–Trinajstić information content (AvgIpc) is 2.94. The molecule has 24 heavy (non-hydrogen) atoms. The summed E-state index contributed by atoms with van der Waals surface area (Å²) in [6.45, 7) is -0.485. The molecule has 2 aromatic rings. The van der Waals surface area contributed by atoms with E-state index in [1.807, 2.05) is 0 Å². The van der Waals surface area contributed by atoms with Crippen LogP contribution in [0.2, 0.25) is 15.1 Å². The number of rotatable bonds is 5. The molecule has 0 radical (unpaired) electrons. The molecule has 0 aliphatic heterocycles. The third-order valence-electron chi connectivity index (χ3n) is 2.61. The van der Waals surface area contributed by atoms with Crippen LogP contribution in [-0.2, 0) is 14.3 Å². The van der Waals surface area contributed by atoms with Gasteiger partial charge >= 0.3 is 5.97 Å². The molecule has 0 bridgehead atoms. The lowest BCUT2D eigenvalue weighted by atomic mass is 10.3. The Morgan fingerprint density at radius 2 is 1.88 bits per heavy atom. The van der Waals surface area contributed by atoms with Gasteiger partial charge in [0.15, 0.2) is 11.3 Å². The number of hydrogen-bond acceptors (Lipinski definition) is 4. The first-order chi connectivity index (χ1) is 11.3. The summed E-state index contributed by atoms with van der Waals surface area (Å²) < 4.78 is 10.5. The summed E-state index contributed by atoms with van der Waals surface area (Å²) in [7, 11) is 0. The number of benzene rings is 1. The third-order valence-corrected chi connectivity index (χ3v) is 4.07. The Hall–Kier alpha value is -1.47. The Balaban J connectivity index is 1.86. The smallest absolute Gasteiger partial charge is 0.331 e. The number of nitrogens with one attached hydrogen (secondary N) is 1. The molecule has 1 N–H and O–H groups in total. The molecular weight excluding hydrogens is 444 g/mol. The number of carbonyl (C=O) groups excluding carboxylic acids is 2. The van der Waals surface area contributed by atoms with Crippen LogP contribution >= 0.6 is 50.7 Å². The van der Waals surface area contributed by atoms with Crippen LogP contribution < -0.4 is 5.32 Å². The molecule has 9 heteroatoms. The van der Waals surface area contributed by atoms with E-state index in [9.17, 15) is 9.59 Å². The summed E-state index contributed by atoms with van der Waals surface area (Å²) in [4.78, 5) is 23.3. The molecular formula is C15H9BrCl3NO4. The lowest BCUT2D eigenvalue weighted by Gasteiger charge is -2.08. The van der Waals surface area contributed by atoms with Crippen molar-refractivity contribution in [3.8, 4) is 0 Å². The van der Waals surface area contributed by atoms with E-state index in [0.29, 0.717) is 10.4 Å². The molecule has 0 atom stereocenters. The van der Waals surface area contributed by atoms with Gasteiger partial charge in [0.05, 0.1) is 20.8 Å². The van der Waals surface area contributed by atoms with E-state index in [4.69, 9.17) is 44.0 Å². The summed E-state index contributed by atoms with van der Waals surface area (Å²) in [5.41, 5.74) is 0.267. The maximum atomic E-state index is 11.8. The van der Waals surface area contributed by atoms with Gasteiger partial charge in [-0.1, -0.05) is 34.8 Å². The number of carbonyl (C=O) groups is 2. The molecule has 126 valence electrons. The maximum Gasteiger partial charge on any atom is 0.331 e. The zero-order valence-corrected chi connectivity index (χ0v) is 15.7. The van der Waals surface area contributed by atoms with Crippen molar-refractivity contribution in [2.75, 3.05) is 11.9 Å². The van der Waals surface area contributed by atoms with Gasteiger partial charge in [0.1, 0.15) is 5.76 Å². The fourth-order valence-electron chi connectivity index (χ4n) is 1.56. The third kappa shape index (κ3) is 5.56. The highest BCUT2D eigenvalue weighted by Gasteiger charge is 2.11. The molecule has 0 saturated heterocycles. The quantitative estimate of drug-likeness (QED) is 0.384. The van der Waals surface area contributed by atoms with Gasteiger partial charge in [-0.2, -0.15) is 0 Å². The molecule has 0 unspecified atom stereocenters. The van der Waals surface area contributed by atoms with Crippen LogP contribution in [0.4, 0.5) is 5.69 Å². The van der Waals surface area contributed by atoms with Crippen molar-refractivity contribution >= 4 is 74.4 Å². The minimum atomic E-state index is -0.696. The van der Waals surface area contributed by atoms with Gasteiger partial charge in [-0.25, -0.2) is 4.79 Å². The second-order valence-corrected chi connectivity index (χ2v) is 6.38. The first kappa shape index (κ1) is 18.9. The lowest BCUT2D eigenvalue weighted by molar-refractivity contribution is -0.142. The van der Waals surface area contributed by atoms with Gasteiger partial charge < -0.3 is 14.5 Å². The molecule has 1 aromatic carbocycles. The highest BCUT2D eigenvalue weighted by molar-refractivity contribution is 9.10. The first-order valence-electron chi connectivity index (χ1n) is 6.39. The van der Waals surface area contributed by atoms with E-state index < -0.39 is 18.5 Å². The SMILES string of the molecule is O=C(COC(=O)C=Cc1ccc(Br)o1)Nc1cc(Cl)c(Cl)cc1Cl. The van der Waals surface area contributed by atoms with Gasteiger partial charge in [-0.3, -0.25) is 4.79 Å². The second-order valence-electron chi connectivity index (χ2n) is 4.38. The van der Waals surface area contributed by atoms with Gasteiger partial charge in [0, 0.05) is 6.08 Å². The van der Waals surface area contributed by atoms with Crippen molar-refractivity contribution in [2.24, 2.45) is 0 Å². The number of furan rings is 1. The number of ether oxygens (including phenoxy) is 1. The predicted molar refractivity (Wildman–Crippen MR) is 96.5 cm³/mol. The van der Waals surface area contributed by atoms with E-state index in [-0.39, 0.29) is 20.8 Å². The van der Waals surface area contributed by atoms with E-state index >= 15 is 0 Å². The normalized spacial score (nSPS) is 10.8. The van der Waals surface area contributed by atoms with Crippen molar-refractivity contribution in [3.05, 3.63) is 55.8 Å². The van der Waals surface area contributed by atoms with Crippen molar-refractivity contribution in [1.82, 2.24) is 0 Å². The van der Waals surface area contributed by atoms with Crippen LogP contribution in [0.25, 0.3) is 6.08 Å². The molecule has 0 fully saturated rings. The highest BCUT2D eigenvalue weighted by atomic mass is 79.9. The van der Waals surface area contributed by atoms with Crippen LogP contribution in [0.15, 0.2) is 39.4 Å². The molecule has 5 nitrogen and oxygen atoms in total. The molecule has 0 saturated carbocycles. The van der Waals surface area contributed by atoms with Crippen LogP contribution in [0.1, 0.15) is 5.76 Å². The van der Waals surface area contributed by atoms with Gasteiger partial charge in [-0.15, -0.1) is 0 Å². The second kappa shape index (κ2) is 8.58. The zero-order valence-electron chi connectivity index (χ0n) is 11.8. The fraction of sp³-hybridized carbons (Fsp3) is 0.0667. The largest absolute Gasteiger partial charge is 0.452 e. The Labute approximate surface area is 160 Å².